The first-order chi connectivity index (χ1) is 7.93. The van der Waals surface area contributed by atoms with Crippen molar-refractivity contribution in [3.8, 4) is 0 Å². The summed E-state index contributed by atoms with van der Waals surface area (Å²) in [5.74, 6) is -1.71. The molecule has 1 aromatic rings. The van der Waals surface area contributed by atoms with Gasteiger partial charge in [-0.15, -0.1) is 0 Å². The number of halogens is 2. The Bertz CT molecular complexity index is 449. The van der Waals surface area contributed by atoms with E-state index in [1.165, 1.54) is 0 Å². The van der Waals surface area contributed by atoms with Crippen molar-refractivity contribution in [3.05, 3.63) is 33.8 Å². The van der Waals surface area contributed by atoms with Gasteiger partial charge in [0.05, 0.1) is 16.0 Å². The predicted octanol–water partition coefficient (Wildman–Crippen LogP) is 1.83. The molecule has 0 aliphatic carbocycles. The third-order valence-electron chi connectivity index (χ3n) is 2.38. The topological polar surface area (TPSA) is 86.2 Å². The molecule has 1 unspecified atom stereocenters. The minimum absolute atomic E-state index is 0.0659. The number of rotatable bonds is 5. The zero-order valence-corrected chi connectivity index (χ0v) is 10.5. The van der Waals surface area contributed by atoms with Crippen molar-refractivity contribution in [2.75, 3.05) is 0 Å². The fourth-order valence-electron chi connectivity index (χ4n) is 1.53. The second kappa shape index (κ2) is 5.89. The highest BCUT2D eigenvalue weighted by Gasteiger charge is 2.22. The molecule has 1 aromatic carbocycles. The summed E-state index contributed by atoms with van der Waals surface area (Å²) in [5, 5.41) is 0.622. The molecule has 0 saturated heterocycles. The minimum atomic E-state index is -0.659. The number of amides is 2. The van der Waals surface area contributed by atoms with Crippen LogP contribution in [0.15, 0.2) is 18.2 Å². The van der Waals surface area contributed by atoms with Gasteiger partial charge in [-0.05, 0) is 18.1 Å². The van der Waals surface area contributed by atoms with Crippen molar-refractivity contribution >= 4 is 35.0 Å². The highest BCUT2D eigenvalue weighted by Crippen LogP contribution is 2.32. The average Bonchev–Trinajstić information content (AvgIpc) is 2.23. The first-order valence-electron chi connectivity index (χ1n) is 4.95. The lowest BCUT2D eigenvalue weighted by molar-refractivity contribution is -0.120. The molecule has 4 N–H and O–H groups in total. The second-order valence-corrected chi connectivity index (χ2v) is 4.39. The molecule has 0 aliphatic rings. The Kier molecular flexibility index (Phi) is 4.78. The molecule has 92 valence electrons. The Morgan fingerprint density at radius 1 is 1.24 bits per heavy atom. The average molecular weight is 275 g/mol. The number of carbonyl (C=O) groups excluding carboxylic acids is 2. The zero-order chi connectivity index (χ0) is 13.0. The van der Waals surface area contributed by atoms with Gasteiger partial charge < -0.3 is 11.5 Å². The van der Waals surface area contributed by atoms with Crippen LogP contribution in [-0.4, -0.2) is 11.8 Å². The van der Waals surface area contributed by atoms with Crippen molar-refractivity contribution in [2.45, 2.75) is 18.8 Å². The van der Waals surface area contributed by atoms with E-state index in [1.54, 1.807) is 18.2 Å². The van der Waals surface area contributed by atoms with Crippen molar-refractivity contribution in [2.24, 2.45) is 11.5 Å². The third kappa shape index (κ3) is 3.61. The maximum Gasteiger partial charge on any atom is 0.225 e. The first kappa shape index (κ1) is 13.8. The van der Waals surface area contributed by atoms with Gasteiger partial charge in [-0.25, -0.2) is 0 Å². The molecule has 0 spiro atoms. The van der Waals surface area contributed by atoms with Crippen LogP contribution in [0.4, 0.5) is 0 Å². The maximum absolute atomic E-state index is 11.3. The van der Waals surface area contributed by atoms with Gasteiger partial charge in [-0.2, -0.15) is 0 Å². The van der Waals surface area contributed by atoms with Gasteiger partial charge in [0.2, 0.25) is 11.8 Å². The maximum atomic E-state index is 11.3. The quantitative estimate of drug-likeness (QED) is 0.858. The molecule has 1 atom stereocenters. The molecule has 1 rings (SSSR count). The van der Waals surface area contributed by atoms with Crippen LogP contribution in [0.3, 0.4) is 0 Å². The van der Waals surface area contributed by atoms with Gasteiger partial charge in [0, 0.05) is 6.42 Å². The van der Waals surface area contributed by atoms with Crippen LogP contribution >= 0.6 is 23.2 Å². The molecule has 0 aliphatic heterocycles. The molecule has 0 heterocycles. The van der Waals surface area contributed by atoms with Crippen LogP contribution in [0.1, 0.15) is 24.3 Å². The number of hydrogen-bond donors (Lipinski definition) is 2. The molecular weight excluding hydrogens is 263 g/mol. The minimum Gasteiger partial charge on any atom is -0.370 e. The molecule has 2 amide bonds. The highest BCUT2D eigenvalue weighted by atomic mass is 35.5. The molecule has 0 aromatic heterocycles. The molecule has 0 bridgehead atoms. The third-order valence-corrected chi connectivity index (χ3v) is 3.21. The van der Waals surface area contributed by atoms with Crippen LogP contribution in [0.25, 0.3) is 0 Å². The first-order valence-corrected chi connectivity index (χ1v) is 5.70. The Labute approximate surface area is 109 Å². The Morgan fingerprint density at radius 2 is 1.88 bits per heavy atom. The van der Waals surface area contributed by atoms with E-state index in [4.69, 9.17) is 34.7 Å². The summed E-state index contributed by atoms with van der Waals surface area (Å²) in [7, 11) is 0. The standard InChI is InChI=1S/C11H12Cl2N2O2/c12-8-3-1-2-6(10(8)13)7(11(15)17)4-5-9(14)16/h1-3,7H,4-5H2,(H2,14,16)(H2,15,17). The van der Waals surface area contributed by atoms with Crippen LogP contribution in [0.5, 0.6) is 0 Å². The van der Waals surface area contributed by atoms with Gasteiger partial charge in [0.1, 0.15) is 0 Å². The summed E-state index contributed by atoms with van der Waals surface area (Å²) in [5.41, 5.74) is 10.8. The lowest BCUT2D eigenvalue weighted by Gasteiger charge is -2.15. The van der Waals surface area contributed by atoms with Gasteiger partial charge >= 0.3 is 0 Å². The zero-order valence-electron chi connectivity index (χ0n) is 8.95. The van der Waals surface area contributed by atoms with Gasteiger partial charge in [0.15, 0.2) is 0 Å². The number of benzene rings is 1. The van der Waals surface area contributed by atoms with E-state index in [2.05, 4.69) is 0 Å². The SMILES string of the molecule is NC(=O)CCC(C(N)=O)c1cccc(Cl)c1Cl. The van der Waals surface area contributed by atoms with E-state index in [9.17, 15) is 9.59 Å². The number of carbonyl (C=O) groups is 2. The smallest absolute Gasteiger partial charge is 0.225 e. The second-order valence-electron chi connectivity index (χ2n) is 3.60. The van der Waals surface area contributed by atoms with Crippen LogP contribution in [-0.2, 0) is 9.59 Å². The van der Waals surface area contributed by atoms with E-state index < -0.39 is 17.7 Å². The van der Waals surface area contributed by atoms with Crippen molar-refractivity contribution < 1.29 is 9.59 Å². The predicted molar refractivity (Wildman–Crippen MR) is 66.8 cm³/mol. The lowest BCUT2D eigenvalue weighted by atomic mass is 9.93. The number of hydrogen-bond acceptors (Lipinski definition) is 2. The monoisotopic (exact) mass is 274 g/mol. The summed E-state index contributed by atoms with van der Waals surface area (Å²) in [6, 6.07) is 4.94. The van der Waals surface area contributed by atoms with Crippen molar-refractivity contribution in [3.63, 3.8) is 0 Å². The Hall–Kier alpha value is -1.26. The van der Waals surface area contributed by atoms with E-state index >= 15 is 0 Å². The van der Waals surface area contributed by atoms with Crippen LogP contribution < -0.4 is 11.5 Å². The molecule has 6 heteroatoms. The summed E-state index contributed by atoms with van der Waals surface area (Å²) in [6.45, 7) is 0. The van der Waals surface area contributed by atoms with Crippen LogP contribution in [0, 0.1) is 0 Å². The summed E-state index contributed by atoms with van der Waals surface area (Å²) < 4.78 is 0. The Morgan fingerprint density at radius 3 is 2.41 bits per heavy atom. The van der Waals surface area contributed by atoms with E-state index in [0.717, 1.165) is 0 Å². The van der Waals surface area contributed by atoms with Crippen molar-refractivity contribution in [1.82, 2.24) is 0 Å². The fourth-order valence-corrected chi connectivity index (χ4v) is 1.97. The Balaban J connectivity index is 3.01. The molecular formula is C11H12Cl2N2O2. The molecule has 4 nitrogen and oxygen atoms in total. The largest absolute Gasteiger partial charge is 0.370 e. The molecule has 0 fully saturated rings. The highest BCUT2D eigenvalue weighted by molar-refractivity contribution is 6.42. The van der Waals surface area contributed by atoms with Crippen LogP contribution in [0.2, 0.25) is 10.0 Å². The fraction of sp³-hybridized carbons (Fsp3) is 0.273. The summed E-state index contributed by atoms with van der Waals surface area (Å²) in [4.78, 5) is 22.1. The lowest BCUT2D eigenvalue weighted by Crippen LogP contribution is -2.23. The summed E-state index contributed by atoms with van der Waals surface area (Å²) >= 11 is 11.8. The summed E-state index contributed by atoms with van der Waals surface area (Å²) in [6.07, 6.45) is 0.293. The van der Waals surface area contributed by atoms with Gasteiger partial charge in [-0.1, -0.05) is 35.3 Å². The number of primary amides is 2. The molecule has 17 heavy (non-hydrogen) atoms. The number of nitrogens with two attached hydrogens (primary N) is 2. The van der Waals surface area contributed by atoms with Gasteiger partial charge in [0.25, 0.3) is 0 Å². The van der Waals surface area contributed by atoms with E-state index in [1.807, 2.05) is 0 Å². The van der Waals surface area contributed by atoms with Crippen molar-refractivity contribution in [1.29, 1.82) is 0 Å². The molecule has 0 radical (unpaired) electrons. The molecule has 0 saturated carbocycles. The normalized spacial score (nSPS) is 12.1. The van der Waals surface area contributed by atoms with Gasteiger partial charge in [-0.3, -0.25) is 9.59 Å². The van der Waals surface area contributed by atoms with E-state index in [0.29, 0.717) is 10.6 Å². The van der Waals surface area contributed by atoms with E-state index in [-0.39, 0.29) is 17.9 Å².